The maximum atomic E-state index is 11.8. The summed E-state index contributed by atoms with van der Waals surface area (Å²) in [6, 6.07) is 14.4. The predicted octanol–water partition coefficient (Wildman–Crippen LogP) is 3.95. The van der Waals surface area contributed by atoms with Gasteiger partial charge in [0.15, 0.2) is 0 Å². The van der Waals surface area contributed by atoms with Crippen molar-refractivity contribution < 1.29 is 9.53 Å². The molecule has 2 rings (SSSR count). The third-order valence-electron chi connectivity index (χ3n) is 3.83. The van der Waals surface area contributed by atoms with Gasteiger partial charge in [-0.1, -0.05) is 54.7 Å². The Balaban J connectivity index is 2.37. The van der Waals surface area contributed by atoms with Gasteiger partial charge < -0.3 is 4.74 Å². The highest BCUT2D eigenvalue weighted by molar-refractivity contribution is 6.72. The first-order valence-electron chi connectivity index (χ1n) is 8.08. The van der Waals surface area contributed by atoms with Crippen LogP contribution in [0.2, 0.25) is 13.1 Å². The van der Waals surface area contributed by atoms with Gasteiger partial charge in [-0.3, -0.25) is 0 Å². The molecule has 0 bridgehead atoms. The lowest BCUT2D eigenvalue weighted by molar-refractivity contribution is 0.0526. The summed E-state index contributed by atoms with van der Waals surface area (Å²) in [5.74, 6) is -0.265. The Morgan fingerprint density at radius 1 is 1.17 bits per heavy atom. The van der Waals surface area contributed by atoms with Crippen molar-refractivity contribution in [3.8, 4) is 11.1 Å². The van der Waals surface area contributed by atoms with Crippen LogP contribution in [0.25, 0.3) is 11.1 Å². The molecule has 0 aliphatic heterocycles. The zero-order chi connectivity index (χ0) is 16.8. The maximum Gasteiger partial charge on any atom is 0.338 e. The summed E-state index contributed by atoms with van der Waals surface area (Å²) >= 11 is 0. The van der Waals surface area contributed by atoms with Gasteiger partial charge in [0.1, 0.15) is 0 Å². The average molecular weight is 324 g/mol. The number of ether oxygens (including phenoxy) is 1. The van der Waals surface area contributed by atoms with E-state index in [4.69, 9.17) is 4.74 Å². The standard InChI is InChI=1S/C20H24O2Si/c1-5-7-15-8-13-18(19(14-15)23(3)4)16-9-11-17(12-10-16)20(21)22-6-2/h5,8-14,23H,1,6-7H2,2-4H3. The molecule has 0 aromatic heterocycles. The van der Waals surface area contributed by atoms with E-state index in [1.54, 1.807) is 0 Å². The van der Waals surface area contributed by atoms with Gasteiger partial charge in [-0.15, -0.1) is 6.58 Å². The SMILES string of the molecule is C=CCc1ccc(-c2ccc(C(=O)OCC)cc2)c([SiH](C)C)c1. The lowest BCUT2D eigenvalue weighted by Gasteiger charge is -2.14. The van der Waals surface area contributed by atoms with Crippen LogP contribution in [-0.2, 0) is 11.2 Å². The van der Waals surface area contributed by atoms with E-state index in [2.05, 4.69) is 37.9 Å². The Morgan fingerprint density at radius 2 is 1.87 bits per heavy atom. The van der Waals surface area contributed by atoms with Crippen LogP contribution in [0.15, 0.2) is 55.1 Å². The Bertz CT molecular complexity index is 687. The Hall–Kier alpha value is -2.13. The molecular weight excluding hydrogens is 300 g/mol. The van der Waals surface area contributed by atoms with Crippen LogP contribution < -0.4 is 5.19 Å². The van der Waals surface area contributed by atoms with Crippen molar-refractivity contribution in [2.24, 2.45) is 0 Å². The average Bonchev–Trinajstić information content (AvgIpc) is 2.55. The normalized spacial score (nSPS) is 10.6. The molecule has 3 heteroatoms. The predicted molar refractivity (Wildman–Crippen MR) is 100 cm³/mol. The summed E-state index contributed by atoms with van der Waals surface area (Å²) in [7, 11) is -0.960. The molecule has 0 heterocycles. The molecule has 0 amide bonds. The van der Waals surface area contributed by atoms with Crippen molar-refractivity contribution in [2.75, 3.05) is 6.61 Å². The number of allylic oxidation sites excluding steroid dienone is 1. The fourth-order valence-electron chi connectivity index (χ4n) is 2.65. The first-order valence-corrected chi connectivity index (χ1v) is 11.0. The summed E-state index contributed by atoms with van der Waals surface area (Å²) in [6.07, 6.45) is 2.84. The van der Waals surface area contributed by atoms with Crippen LogP contribution in [-0.4, -0.2) is 21.4 Å². The topological polar surface area (TPSA) is 26.3 Å². The third kappa shape index (κ3) is 4.20. The number of hydrogen-bond donors (Lipinski definition) is 0. The van der Waals surface area contributed by atoms with E-state index in [0.717, 1.165) is 12.0 Å². The largest absolute Gasteiger partial charge is 0.462 e. The summed E-state index contributed by atoms with van der Waals surface area (Å²) in [4.78, 5) is 11.8. The second kappa shape index (κ2) is 7.93. The van der Waals surface area contributed by atoms with E-state index in [1.165, 1.54) is 16.3 Å². The second-order valence-electron chi connectivity index (χ2n) is 5.87. The highest BCUT2D eigenvalue weighted by Gasteiger charge is 2.12. The van der Waals surface area contributed by atoms with E-state index in [9.17, 15) is 4.79 Å². The molecule has 2 aromatic rings. The number of benzene rings is 2. The maximum absolute atomic E-state index is 11.8. The van der Waals surface area contributed by atoms with Gasteiger partial charge in [-0.2, -0.15) is 0 Å². The molecule has 0 saturated carbocycles. The summed E-state index contributed by atoms with van der Waals surface area (Å²) in [5.41, 5.74) is 4.33. The smallest absolute Gasteiger partial charge is 0.338 e. The minimum Gasteiger partial charge on any atom is -0.462 e. The summed E-state index contributed by atoms with van der Waals surface area (Å²) < 4.78 is 5.04. The number of rotatable bonds is 6. The first-order chi connectivity index (χ1) is 11.1. The molecule has 0 N–H and O–H groups in total. The number of carbonyl (C=O) groups excluding carboxylic acids is 1. The van der Waals surface area contributed by atoms with Gasteiger partial charge in [0.25, 0.3) is 0 Å². The lowest BCUT2D eigenvalue weighted by Crippen LogP contribution is -2.25. The zero-order valence-corrected chi connectivity index (χ0v) is 15.3. The Kier molecular flexibility index (Phi) is 5.94. The number of carbonyl (C=O) groups is 1. The van der Waals surface area contributed by atoms with Crippen LogP contribution in [0.5, 0.6) is 0 Å². The van der Waals surface area contributed by atoms with Crippen LogP contribution in [0.3, 0.4) is 0 Å². The van der Waals surface area contributed by atoms with Crippen LogP contribution in [0, 0.1) is 0 Å². The monoisotopic (exact) mass is 324 g/mol. The first kappa shape index (κ1) is 17.2. The van der Waals surface area contributed by atoms with Crippen molar-refractivity contribution in [3.05, 3.63) is 66.2 Å². The van der Waals surface area contributed by atoms with Crippen molar-refractivity contribution in [2.45, 2.75) is 26.4 Å². The van der Waals surface area contributed by atoms with Gasteiger partial charge in [0.05, 0.1) is 21.0 Å². The lowest BCUT2D eigenvalue weighted by atomic mass is 10.0. The summed E-state index contributed by atoms with van der Waals surface area (Å²) in [6.45, 7) is 10.7. The quantitative estimate of drug-likeness (QED) is 0.457. The summed E-state index contributed by atoms with van der Waals surface area (Å²) in [5, 5.41) is 1.45. The molecule has 0 aliphatic rings. The molecule has 0 saturated heterocycles. The third-order valence-corrected chi connectivity index (χ3v) is 5.55. The van der Waals surface area contributed by atoms with E-state index >= 15 is 0 Å². The minimum atomic E-state index is -0.960. The second-order valence-corrected chi connectivity index (χ2v) is 8.80. The zero-order valence-electron chi connectivity index (χ0n) is 14.1. The van der Waals surface area contributed by atoms with Gasteiger partial charge in [0, 0.05) is 0 Å². The van der Waals surface area contributed by atoms with Crippen molar-refractivity contribution in [1.29, 1.82) is 0 Å². The van der Waals surface area contributed by atoms with E-state index in [-0.39, 0.29) is 5.97 Å². The van der Waals surface area contributed by atoms with E-state index < -0.39 is 8.80 Å². The van der Waals surface area contributed by atoms with Crippen LogP contribution >= 0.6 is 0 Å². The molecule has 2 aromatic carbocycles. The molecule has 0 radical (unpaired) electrons. The van der Waals surface area contributed by atoms with Gasteiger partial charge in [-0.05, 0) is 42.2 Å². The van der Waals surface area contributed by atoms with Crippen molar-refractivity contribution in [3.63, 3.8) is 0 Å². The molecule has 0 fully saturated rings. The molecule has 0 spiro atoms. The van der Waals surface area contributed by atoms with Crippen molar-refractivity contribution in [1.82, 2.24) is 0 Å². The minimum absolute atomic E-state index is 0.265. The van der Waals surface area contributed by atoms with Gasteiger partial charge >= 0.3 is 5.97 Å². The van der Waals surface area contributed by atoms with E-state index in [1.807, 2.05) is 37.3 Å². The Morgan fingerprint density at radius 3 is 2.43 bits per heavy atom. The number of esters is 1. The number of hydrogen-bond acceptors (Lipinski definition) is 2. The van der Waals surface area contributed by atoms with E-state index in [0.29, 0.717) is 12.2 Å². The molecule has 23 heavy (non-hydrogen) atoms. The molecular formula is C20H24O2Si. The Labute approximate surface area is 140 Å². The molecule has 0 atom stereocenters. The fourth-order valence-corrected chi connectivity index (χ4v) is 4.08. The molecule has 0 aliphatic carbocycles. The molecule has 2 nitrogen and oxygen atoms in total. The molecule has 0 unspecified atom stereocenters. The van der Waals surface area contributed by atoms with Crippen LogP contribution in [0.4, 0.5) is 0 Å². The van der Waals surface area contributed by atoms with Crippen LogP contribution in [0.1, 0.15) is 22.8 Å². The molecule has 120 valence electrons. The highest BCUT2D eigenvalue weighted by Crippen LogP contribution is 2.20. The van der Waals surface area contributed by atoms with Crippen molar-refractivity contribution >= 4 is 20.0 Å². The van der Waals surface area contributed by atoms with Gasteiger partial charge in [0.2, 0.25) is 0 Å². The fraction of sp³-hybridized carbons (Fsp3) is 0.250. The van der Waals surface area contributed by atoms with Gasteiger partial charge in [-0.25, -0.2) is 4.79 Å². The highest BCUT2D eigenvalue weighted by atomic mass is 28.3.